The lowest BCUT2D eigenvalue weighted by molar-refractivity contribution is -0.125. The standard InChI is InChI=1S/C31H43FN4O5S/c1-21-4-6-24(7-5-21)27-33-29(38)31(34-27)11-15-36(16-12-31)42(40,41)17-8-26-22(2)18-25(19-23(26)3)28(37)35-13-9-30(39,20-32)10-14-35/h8,17-19,21,24,39H,4-7,9-16,20H2,1-3H3,(H,33,34,38). The molecule has 3 aliphatic heterocycles. The predicted octanol–water partition coefficient (Wildman–Crippen LogP) is 3.73. The Kier molecular flexibility index (Phi) is 8.66. The van der Waals surface area contributed by atoms with E-state index in [1.807, 2.05) is 13.8 Å². The van der Waals surface area contributed by atoms with Crippen molar-refractivity contribution in [1.82, 2.24) is 14.5 Å². The molecule has 11 heteroatoms. The van der Waals surface area contributed by atoms with Crippen LogP contribution in [-0.4, -0.2) is 84.4 Å². The molecule has 1 spiro atoms. The largest absolute Gasteiger partial charge is 0.387 e. The Labute approximate surface area is 248 Å². The summed E-state index contributed by atoms with van der Waals surface area (Å²) in [6, 6.07) is 3.48. The number of carbonyl (C=O) groups is 2. The molecule has 230 valence electrons. The zero-order valence-corrected chi connectivity index (χ0v) is 25.7. The third-order valence-corrected chi connectivity index (χ3v) is 11.4. The molecule has 0 radical (unpaired) electrons. The van der Waals surface area contributed by atoms with Gasteiger partial charge in [0, 0.05) is 43.1 Å². The fourth-order valence-corrected chi connectivity index (χ4v) is 7.93. The van der Waals surface area contributed by atoms with Crippen LogP contribution in [0.15, 0.2) is 22.5 Å². The van der Waals surface area contributed by atoms with Gasteiger partial charge >= 0.3 is 0 Å². The number of piperidine rings is 2. The number of benzene rings is 1. The molecular formula is C31H43FN4O5S. The number of carbonyl (C=O) groups excluding carboxylic acids is 2. The normalized spacial score (nSPS) is 26.5. The highest BCUT2D eigenvalue weighted by molar-refractivity contribution is 7.92. The Bertz CT molecular complexity index is 1360. The van der Waals surface area contributed by atoms with Crippen LogP contribution < -0.4 is 5.32 Å². The van der Waals surface area contributed by atoms with Crippen LogP contribution in [0.4, 0.5) is 4.39 Å². The van der Waals surface area contributed by atoms with Crippen LogP contribution in [0.25, 0.3) is 6.08 Å². The van der Waals surface area contributed by atoms with Crippen molar-refractivity contribution in [3.63, 3.8) is 0 Å². The van der Waals surface area contributed by atoms with E-state index in [9.17, 15) is 27.5 Å². The fourth-order valence-electron chi connectivity index (χ4n) is 6.76. The number of amidine groups is 1. The highest BCUT2D eigenvalue weighted by Gasteiger charge is 2.48. The van der Waals surface area contributed by atoms with E-state index in [0.717, 1.165) is 48.2 Å². The van der Waals surface area contributed by atoms with Gasteiger partial charge < -0.3 is 15.3 Å². The molecule has 2 amide bonds. The van der Waals surface area contributed by atoms with E-state index in [1.54, 1.807) is 23.1 Å². The number of nitrogens with zero attached hydrogens (tertiary/aromatic N) is 3. The van der Waals surface area contributed by atoms with Gasteiger partial charge in [0.25, 0.3) is 11.8 Å². The lowest BCUT2D eigenvalue weighted by Crippen LogP contribution is -2.50. The summed E-state index contributed by atoms with van der Waals surface area (Å²) in [5, 5.41) is 14.4. The van der Waals surface area contributed by atoms with E-state index in [2.05, 4.69) is 12.2 Å². The molecule has 3 heterocycles. The predicted molar refractivity (Wildman–Crippen MR) is 160 cm³/mol. The Hall–Kier alpha value is -2.63. The van der Waals surface area contributed by atoms with Gasteiger partial charge in [0.1, 0.15) is 18.0 Å². The summed E-state index contributed by atoms with van der Waals surface area (Å²) in [5.74, 6) is 1.48. The molecule has 1 aliphatic carbocycles. The third kappa shape index (κ3) is 6.19. The summed E-state index contributed by atoms with van der Waals surface area (Å²) in [6.07, 6.45) is 6.99. The van der Waals surface area contributed by atoms with Gasteiger partial charge in [-0.2, -0.15) is 4.31 Å². The van der Waals surface area contributed by atoms with E-state index in [1.165, 1.54) is 9.71 Å². The molecule has 4 aliphatic rings. The Balaban J connectivity index is 1.22. The molecule has 1 aromatic rings. The summed E-state index contributed by atoms with van der Waals surface area (Å²) in [7, 11) is -3.73. The Morgan fingerprint density at radius 1 is 1.07 bits per heavy atom. The maximum Gasteiger partial charge on any atom is 0.253 e. The zero-order valence-electron chi connectivity index (χ0n) is 24.9. The number of halogens is 1. The second kappa shape index (κ2) is 11.8. The Morgan fingerprint density at radius 3 is 2.24 bits per heavy atom. The summed E-state index contributed by atoms with van der Waals surface area (Å²) in [5.41, 5.74) is 0.505. The van der Waals surface area contributed by atoms with Crippen molar-refractivity contribution in [2.24, 2.45) is 16.8 Å². The lowest BCUT2D eigenvalue weighted by atomic mass is 9.82. The summed E-state index contributed by atoms with van der Waals surface area (Å²) in [6.45, 7) is 6.10. The zero-order chi connectivity index (χ0) is 30.3. The first-order valence-corrected chi connectivity index (χ1v) is 16.6. The van der Waals surface area contributed by atoms with Gasteiger partial charge in [-0.3, -0.25) is 14.6 Å². The SMILES string of the molecule is Cc1cc(C(=O)N2CCC(O)(CF)CC2)cc(C)c1C=CS(=O)(=O)N1CCC2(CC1)N=C(C1CCC(C)CC1)NC2=O. The third-order valence-electron chi connectivity index (χ3n) is 9.79. The van der Waals surface area contributed by atoms with Crippen LogP contribution in [0.2, 0.25) is 0 Å². The van der Waals surface area contributed by atoms with Gasteiger partial charge in [0.2, 0.25) is 10.0 Å². The molecule has 3 fully saturated rings. The number of hydrogen-bond acceptors (Lipinski definition) is 6. The maximum absolute atomic E-state index is 13.3. The van der Waals surface area contributed by atoms with Gasteiger partial charge in [0.05, 0.1) is 5.60 Å². The van der Waals surface area contributed by atoms with Crippen LogP contribution in [0.1, 0.15) is 85.3 Å². The smallest absolute Gasteiger partial charge is 0.253 e. The molecule has 0 bridgehead atoms. The molecule has 9 nitrogen and oxygen atoms in total. The Morgan fingerprint density at radius 2 is 1.67 bits per heavy atom. The number of aryl methyl sites for hydroxylation is 2. The van der Waals surface area contributed by atoms with Gasteiger partial charge in [-0.05, 0) is 93.2 Å². The van der Waals surface area contributed by atoms with Crippen molar-refractivity contribution in [3.05, 3.63) is 39.8 Å². The summed E-state index contributed by atoms with van der Waals surface area (Å²) < 4.78 is 41.0. The second-order valence-electron chi connectivity index (χ2n) is 12.9. The van der Waals surface area contributed by atoms with E-state index < -0.39 is 27.8 Å². The van der Waals surface area contributed by atoms with Crippen LogP contribution in [0, 0.1) is 25.7 Å². The molecule has 0 atom stereocenters. The van der Waals surface area contributed by atoms with E-state index in [-0.39, 0.29) is 56.8 Å². The molecule has 0 aromatic heterocycles. The molecule has 5 rings (SSSR count). The first-order chi connectivity index (χ1) is 19.8. The quantitative estimate of drug-likeness (QED) is 0.515. The summed E-state index contributed by atoms with van der Waals surface area (Å²) >= 11 is 0. The van der Waals surface area contributed by atoms with Gasteiger partial charge in [0.15, 0.2) is 0 Å². The highest BCUT2D eigenvalue weighted by atomic mass is 32.2. The van der Waals surface area contributed by atoms with Crippen LogP contribution in [-0.2, 0) is 14.8 Å². The van der Waals surface area contributed by atoms with Crippen molar-refractivity contribution in [2.45, 2.75) is 83.3 Å². The number of aliphatic hydroxyl groups is 1. The van der Waals surface area contributed by atoms with Crippen molar-refractivity contribution in [3.8, 4) is 0 Å². The van der Waals surface area contributed by atoms with Crippen molar-refractivity contribution in [1.29, 1.82) is 0 Å². The van der Waals surface area contributed by atoms with Crippen LogP contribution >= 0.6 is 0 Å². The van der Waals surface area contributed by atoms with Gasteiger partial charge in [-0.25, -0.2) is 12.8 Å². The average Bonchev–Trinajstić information content (AvgIpc) is 3.28. The molecule has 42 heavy (non-hydrogen) atoms. The molecule has 2 saturated heterocycles. The minimum absolute atomic E-state index is 0.104. The van der Waals surface area contributed by atoms with E-state index in [0.29, 0.717) is 24.3 Å². The highest BCUT2D eigenvalue weighted by Crippen LogP contribution is 2.36. The van der Waals surface area contributed by atoms with Crippen molar-refractivity contribution >= 4 is 33.7 Å². The maximum atomic E-state index is 13.3. The van der Waals surface area contributed by atoms with E-state index in [4.69, 9.17) is 4.99 Å². The van der Waals surface area contributed by atoms with E-state index >= 15 is 0 Å². The van der Waals surface area contributed by atoms with Gasteiger partial charge in [-0.15, -0.1) is 0 Å². The molecule has 2 N–H and O–H groups in total. The number of nitrogens with one attached hydrogen (secondary N) is 1. The molecule has 0 unspecified atom stereocenters. The number of sulfonamides is 1. The van der Waals surface area contributed by atoms with Crippen LogP contribution in [0.5, 0.6) is 0 Å². The number of alkyl halides is 1. The lowest BCUT2D eigenvalue weighted by Gasteiger charge is -2.36. The first kappa shape index (κ1) is 30.8. The van der Waals surface area contributed by atoms with Crippen molar-refractivity contribution in [2.75, 3.05) is 32.9 Å². The number of rotatable bonds is 6. The number of likely N-dealkylation sites (tertiary alicyclic amines) is 1. The summed E-state index contributed by atoms with van der Waals surface area (Å²) in [4.78, 5) is 32.5. The topological polar surface area (TPSA) is 119 Å². The van der Waals surface area contributed by atoms with Crippen molar-refractivity contribution < 1.29 is 27.5 Å². The first-order valence-electron chi connectivity index (χ1n) is 15.1. The minimum atomic E-state index is -3.73. The second-order valence-corrected chi connectivity index (χ2v) is 14.7. The molecule has 1 aromatic carbocycles. The average molecular weight is 603 g/mol. The monoisotopic (exact) mass is 602 g/mol. The molecule has 1 saturated carbocycles. The number of aliphatic imine (C=N–C) groups is 1. The number of hydrogen-bond donors (Lipinski definition) is 2. The van der Waals surface area contributed by atoms with Crippen LogP contribution in [0.3, 0.4) is 0 Å². The number of amides is 2. The molecular weight excluding hydrogens is 559 g/mol. The minimum Gasteiger partial charge on any atom is -0.387 e. The van der Waals surface area contributed by atoms with Gasteiger partial charge in [-0.1, -0.05) is 19.8 Å². The fraction of sp³-hybridized carbons (Fsp3) is 0.645.